The predicted molar refractivity (Wildman–Crippen MR) is 103 cm³/mol. The Kier molecular flexibility index (Phi) is 5.42. The SMILES string of the molecule is Cc1ccc(C(=O)O)cc1C(=O)c1ccc(Nc2ccc(F)cc2F)cc1Cl. The molecule has 0 radical (unpaired) electrons. The van der Waals surface area contributed by atoms with Crippen molar-refractivity contribution in [1.82, 2.24) is 0 Å². The Hall–Kier alpha value is -3.25. The number of carboxylic acid groups (broad SMARTS) is 1. The molecule has 0 bridgehead atoms. The van der Waals surface area contributed by atoms with Crippen molar-refractivity contribution in [2.75, 3.05) is 5.32 Å². The molecule has 3 aromatic rings. The first-order valence-corrected chi connectivity index (χ1v) is 8.54. The lowest BCUT2D eigenvalue weighted by atomic mass is 9.96. The van der Waals surface area contributed by atoms with Crippen LogP contribution in [0.3, 0.4) is 0 Å². The van der Waals surface area contributed by atoms with E-state index in [1.807, 2.05) is 0 Å². The third-order valence-corrected chi connectivity index (χ3v) is 4.47. The summed E-state index contributed by atoms with van der Waals surface area (Å²) < 4.78 is 26.8. The van der Waals surface area contributed by atoms with Gasteiger partial charge < -0.3 is 10.4 Å². The van der Waals surface area contributed by atoms with E-state index < -0.39 is 23.4 Å². The fraction of sp³-hybridized carbons (Fsp3) is 0.0476. The maximum Gasteiger partial charge on any atom is 0.335 e. The minimum absolute atomic E-state index is 0.00450. The summed E-state index contributed by atoms with van der Waals surface area (Å²) in [6.45, 7) is 1.69. The van der Waals surface area contributed by atoms with Crippen molar-refractivity contribution < 1.29 is 23.5 Å². The van der Waals surface area contributed by atoms with Crippen LogP contribution in [-0.4, -0.2) is 16.9 Å². The maximum atomic E-state index is 13.8. The molecule has 0 spiro atoms. The zero-order chi connectivity index (χ0) is 20.4. The summed E-state index contributed by atoms with van der Waals surface area (Å²) in [4.78, 5) is 24.0. The molecule has 3 aromatic carbocycles. The van der Waals surface area contributed by atoms with E-state index in [-0.39, 0.29) is 27.4 Å². The molecule has 0 aliphatic carbocycles. The number of benzene rings is 3. The van der Waals surface area contributed by atoms with Crippen LogP contribution in [0.25, 0.3) is 0 Å². The Labute approximate surface area is 164 Å². The molecule has 3 rings (SSSR count). The largest absolute Gasteiger partial charge is 0.478 e. The second kappa shape index (κ2) is 7.78. The number of aromatic carboxylic acids is 1. The number of hydrogen-bond acceptors (Lipinski definition) is 3. The number of halogens is 3. The number of carbonyl (C=O) groups excluding carboxylic acids is 1. The monoisotopic (exact) mass is 401 g/mol. The smallest absolute Gasteiger partial charge is 0.335 e. The Bertz CT molecular complexity index is 1100. The zero-order valence-electron chi connectivity index (χ0n) is 14.6. The standard InChI is InChI=1S/C21H14ClF2NO3/c1-11-2-3-12(21(27)28)8-16(11)20(26)15-6-5-14(10-17(15)22)25-19-7-4-13(23)9-18(19)24/h2-10,25H,1H3,(H,27,28). The van der Waals surface area contributed by atoms with E-state index in [9.17, 15) is 18.4 Å². The highest BCUT2D eigenvalue weighted by molar-refractivity contribution is 6.35. The fourth-order valence-corrected chi connectivity index (χ4v) is 2.93. The van der Waals surface area contributed by atoms with Gasteiger partial charge in [-0.25, -0.2) is 13.6 Å². The number of anilines is 2. The fourth-order valence-electron chi connectivity index (χ4n) is 2.67. The molecule has 0 fully saturated rings. The van der Waals surface area contributed by atoms with Gasteiger partial charge in [-0.05, 0) is 55.0 Å². The lowest BCUT2D eigenvalue weighted by molar-refractivity contribution is 0.0697. The van der Waals surface area contributed by atoms with Crippen LogP contribution in [0.2, 0.25) is 5.02 Å². The Morgan fingerprint density at radius 1 is 0.964 bits per heavy atom. The molecule has 4 nitrogen and oxygen atoms in total. The average molecular weight is 402 g/mol. The summed E-state index contributed by atoms with van der Waals surface area (Å²) in [5, 5.41) is 12.0. The van der Waals surface area contributed by atoms with E-state index in [0.29, 0.717) is 11.3 Å². The van der Waals surface area contributed by atoms with Gasteiger partial charge in [0.1, 0.15) is 11.6 Å². The highest BCUT2D eigenvalue weighted by Crippen LogP contribution is 2.28. The molecule has 0 aromatic heterocycles. The summed E-state index contributed by atoms with van der Waals surface area (Å²) in [5.41, 5.74) is 1.48. The Balaban J connectivity index is 1.91. The van der Waals surface area contributed by atoms with Crippen LogP contribution in [0, 0.1) is 18.6 Å². The molecule has 0 aliphatic heterocycles. The third-order valence-electron chi connectivity index (χ3n) is 4.15. The van der Waals surface area contributed by atoms with Crippen molar-refractivity contribution in [3.63, 3.8) is 0 Å². The van der Waals surface area contributed by atoms with E-state index in [0.717, 1.165) is 12.1 Å². The first kappa shape index (κ1) is 19.5. The molecule has 142 valence electrons. The molecule has 0 unspecified atom stereocenters. The summed E-state index contributed by atoms with van der Waals surface area (Å²) >= 11 is 6.23. The van der Waals surface area contributed by atoms with E-state index >= 15 is 0 Å². The second-order valence-electron chi connectivity index (χ2n) is 6.11. The van der Waals surface area contributed by atoms with Gasteiger partial charge in [-0.2, -0.15) is 0 Å². The normalized spacial score (nSPS) is 10.6. The summed E-state index contributed by atoms with van der Waals surface area (Å²) in [5.74, 6) is -3.02. The van der Waals surface area contributed by atoms with Crippen molar-refractivity contribution in [1.29, 1.82) is 0 Å². The molecular formula is C21H14ClF2NO3. The molecule has 7 heteroatoms. The summed E-state index contributed by atoms with van der Waals surface area (Å²) in [6.07, 6.45) is 0. The number of aryl methyl sites for hydroxylation is 1. The van der Waals surface area contributed by atoms with Gasteiger partial charge in [-0.3, -0.25) is 4.79 Å². The first-order chi connectivity index (χ1) is 13.3. The Morgan fingerprint density at radius 3 is 2.36 bits per heavy atom. The molecule has 28 heavy (non-hydrogen) atoms. The van der Waals surface area contributed by atoms with Crippen LogP contribution in [0.1, 0.15) is 31.8 Å². The van der Waals surface area contributed by atoms with Crippen LogP contribution >= 0.6 is 11.6 Å². The highest BCUT2D eigenvalue weighted by Gasteiger charge is 2.18. The van der Waals surface area contributed by atoms with Crippen LogP contribution < -0.4 is 5.32 Å². The van der Waals surface area contributed by atoms with E-state index in [4.69, 9.17) is 16.7 Å². The minimum Gasteiger partial charge on any atom is -0.478 e. The van der Waals surface area contributed by atoms with Crippen molar-refractivity contribution in [3.05, 3.63) is 93.5 Å². The number of hydrogen-bond donors (Lipinski definition) is 2. The summed E-state index contributed by atoms with van der Waals surface area (Å²) in [7, 11) is 0. The molecule has 0 saturated heterocycles. The maximum absolute atomic E-state index is 13.8. The van der Waals surface area contributed by atoms with Crippen LogP contribution in [-0.2, 0) is 0 Å². The van der Waals surface area contributed by atoms with Gasteiger partial charge in [-0.15, -0.1) is 0 Å². The van der Waals surface area contributed by atoms with Crippen LogP contribution in [0.5, 0.6) is 0 Å². The topological polar surface area (TPSA) is 66.4 Å². The molecule has 0 atom stereocenters. The van der Waals surface area contributed by atoms with Gasteiger partial charge in [0.25, 0.3) is 0 Å². The van der Waals surface area contributed by atoms with Gasteiger partial charge >= 0.3 is 5.97 Å². The number of nitrogens with one attached hydrogen (secondary N) is 1. The average Bonchev–Trinajstić information content (AvgIpc) is 2.64. The number of ketones is 1. The van der Waals surface area contributed by atoms with Crippen LogP contribution in [0.15, 0.2) is 54.6 Å². The number of rotatable bonds is 5. The molecule has 0 aliphatic rings. The third kappa shape index (κ3) is 4.02. The Morgan fingerprint density at radius 2 is 1.71 bits per heavy atom. The van der Waals surface area contributed by atoms with Gasteiger partial charge in [0.2, 0.25) is 0 Å². The zero-order valence-corrected chi connectivity index (χ0v) is 15.3. The molecule has 0 heterocycles. The van der Waals surface area contributed by atoms with Crippen molar-refractivity contribution in [2.45, 2.75) is 6.92 Å². The lowest BCUT2D eigenvalue weighted by Crippen LogP contribution is -2.07. The number of carbonyl (C=O) groups is 2. The molecule has 0 saturated carbocycles. The predicted octanol–water partition coefficient (Wildman–Crippen LogP) is 5.60. The van der Waals surface area contributed by atoms with Gasteiger partial charge in [0.05, 0.1) is 16.3 Å². The van der Waals surface area contributed by atoms with E-state index in [1.54, 1.807) is 13.0 Å². The minimum atomic E-state index is -1.14. The van der Waals surface area contributed by atoms with Gasteiger partial charge in [-0.1, -0.05) is 17.7 Å². The second-order valence-corrected chi connectivity index (χ2v) is 6.51. The number of carboxylic acids is 1. The van der Waals surface area contributed by atoms with E-state index in [1.165, 1.54) is 36.4 Å². The van der Waals surface area contributed by atoms with E-state index in [2.05, 4.69) is 5.32 Å². The van der Waals surface area contributed by atoms with Gasteiger partial charge in [0.15, 0.2) is 5.78 Å². The van der Waals surface area contributed by atoms with Crippen molar-refractivity contribution in [2.24, 2.45) is 0 Å². The first-order valence-electron chi connectivity index (χ1n) is 8.16. The molecule has 0 amide bonds. The lowest BCUT2D eigenvalue weighted by Gasteiger charge is -2.11. The quantitative estimate of drug-likeness (QED) is 0.546. The van der Waals surface area contributed by atoms with Crippen molar-refractivity contribution in [3.8, 4) is 0 Å². The van der Waals surface area contributed by atoms with Gasteiger partial charge in [0, 0.05) is 22.9 Å². The summed E-state index contributed by atoms with van der Waals surface area (Å²) in [6, 6.07) is 11.8. The highest BCUT2D eigenvalue weighted by atomic mass is 35.5. The molecular weight excluding hydrogens is 388 g/mol. The van der Waals surface area contributed by atoms with Crippen molar-refractivity contribution >= 4 is 34.7 Å². The molecule has 2 N–H and O–H groups in total. The van der Waals surface area contributed by atoms with Crippen LogP contribution in [0.4, 0.5) is 20.2 Å².